The first-order valence-electron chi connectivity index (χ1n) is 15.5. The maximum Gasteiger partial charge on any atom is 0.0624 e. The van der Waals surface area contributed by atoms with E-state index < -0.39 is 0 Å². The first-order valence-corrected chi connectivity index (χ1v) is 15.5. The van der Waals surface area contributed by atoms with Crippen molar-refractivity contribution in [2.45, 2.75) is 0 Å². The Hall–Kier alpha value is -5.92. The van der Waals surface area contributed by atoms with Crippen LogP contribution >= 0.6 is 0 Å². The van der Waals surface area contributed by atoms with Crippen molar-refractivity contribution in [3.8, 4) is 33.4 Å². The van der Waals surface area contributed by atoms with E-state index in [1.54, 1.807) is 0 Å². The van der Waals surface area contributed by atoms with Gasteiger partial charge in [0.15, 0.2) is 0 Å². The first-order chi connectivity index (χ1) is 22.3. The van der Waals surface area contributed by atoms with Crippen LogP contribution in [0.3, 0.4) is 0 Å². The minimum absolute atomic E-state index is 1.11. The SMILES string of the molecule is c1ccc(-c2ccc(-c3ccc(N(c4ccccc4)c4c(-c5ccccc5)c5ccccc5c5ccccc45)cc3)cc2)cc1. The maximum absolute atomic E-state index is 2.43. The molecule has 0 aliphatic carbocycles. The Morgan fingerprint density at radius 3 is 1.16 bits per heavy atom. The average Bonchev–Trinajstić information content (AvgIpc) is 3.13. The van der Waals surface area contributed by atoms with Crippen LogP contribution in [0.5, 0.6) is 0 Å². The molecule has 0 amide bonds. The molecule has 0 N–H and O–H groups in total. The number of nitrogens with zero attached hydrogens (tertiary/aromatic N) is 1. The molecule has 0 unspecified atom stereocenters. The van der Waals surface area contributed by atoms with Gasteiger partial charge in [-0.2, -0.15) is 0 Å². The highest BCUT2D eigenvalue weighted by Gasteiger charge is 2.23. The average molecular weight is 574 g/mol. The monoisotopic (exact) mass is 573 g/mol. The summed E-state index contributed by atoms with van der Waals surface area (Å²) >= 11 is 0. The lowest BCUT2D eigenvalue weighted by molar-refractivity contribution is 1.30. The van der Waals surface area contributed by atoms with E-state index in [2.05, 4.69) is 193 Å². The first kappa shape index (κ1) is 26.7. The van der Waals surface area contributed by atoms with Gasteiger partial charge in [-0.05, 0) is 68.2 Å². The van der Waals surface area contributed by atoms with Crippen LogP contribution in [-0.4, -0.2) is 0 Å². The van der Waals surface area contributed by atoms with Crippen molar-refractivity contribution >= 4 is 38.6 Å². The molecule has 0 aliphatic rings. The van der Waals surface area contributed by atoms with Gasteiger partial charge >= 0.3 is 0 Å². The quantitative estimate of drug-likeness (QED) is 0.179. The molecule has 0 bridgehead atoms. The Morgan fingerprint density at radius 2 is 0.600 bits per heavy atom. The van der Waals surface area contributed by atoms with Crippen molar-refractivity contribution in [2.75, 3.05) is 4.90 Å². The van der Waals surface area contributed by atoms with Crippen LogP contribution in [0.2, 0.25) is 0 Å². The predicted octanol–water partition coefficient (Wildman–Crippen LogP) is 12.5. The van der Waals surface area contributed by atoms with Crippen molar-refractivity contribution in [3.63, 3.8) is 0 Å². The molecule has 8 aromatic carbocycles. The van der Waals surface area contributed by atoms with Gasteiger partial charge in [-0.3, -0.25) is 0 Å². The Morgan fingerprint density at radius 1 is 0.244 bits per heavy atom. The largest absolute Gasteiger partial charge is 0.309 e. The van der Waals surface area contributed by atoms with E-state index in [9.17, 15) is 0 Å². The van der Waals surface area contributed by atoms with E-state index in [1.165, 1.54) is 60.6 Å². The highest BCUT2D eigenvalue weighted by Crippen LogP contribution is 2.49. The molecule has 45 heavy (non-hydrogen) atoms. The molecule has 0 aromatic heterocycles. The van der Waals surface area contributed by atoms with Gasteiger partial charge in [-0.15, -0.1) is 0 Å². The van der Waals surface area contributed by atoms with E-state index >= 15 is 0 Å². The summed E-state index contributed by atoms with van der Waals surface area (Å²) in [6.07, 6.45) is 0. The maximum atomic E-state index is 2.43. The van der Waals surface area contributed by atoms with Crippen LogP contribution < -0.4 is 4.90 Å². The highest BCUT2D eigenvalue weighted by atomic mass is 15.1. The summed E-state index contributed by atoms with van der Waals surface area (Å²) in [5, 5.41) is 4.98. The Kier molecular flexibility index (Phi) is 6.90. The van der Waals surface area contributed by atoms with E-state index in [-0.39, 0.29) is 0 Å². The van der Waals surface area contributed by atoms with Gasteiger partial charge in [-0.1, -0.05) is 164 Å². The van der Waals surface area contributed by atoms with Crippen molar-refractivity contribution < 1.29 is 0 Å². The number of para-hydroxylation sites is 1. The number of benzene rings is 8. The van der Waals surface area contributed by atoms with Crippen LogP contribution in [0.4, 0.5) is 17.1 Å². The molecule has 1 nitrogen and oxygen atoms in total. The number of hydrogen-bond acceptors (Lipinski definition) is 1. The number of anilines is 3. The van der Waals surface area contributed by atoms with Crippen LogP contribution in [0.1, 0.15) is 0 Å². The van der Waals surface area contributed by atoms with Gasteiger partial charge in [0, 0.05) is 22.3 Å². The second-order valence-electron chi connectivity index (χ2n) is 11.3. The summed E-state index contributed by atoms with van der Waals surface area (Å²) < 4.78 is 0. The summed E-state index contributed by atoms with van der Waals surface area (Å²) in [5.74, 6) is 0. The van der Waals surface area contributed by atoms with Crippen LogP contribution in [0.15, 0.2) is 188 Å². The molecule has 0 saturated carbocycles. The number of hydrogen-bond donors (Lipinski definition) is 0. The van der Waals surface area contributed by atoms with Crippen molar-refractivity contribution in [3.05, 3.63) is 188 Å². The summed E-state index contributed by atoms with van der Waals surface area (Å²) in [7, 11) is 0. The van der Waals surface area contributed by atoms with Gasteiger partial charge < -0.3 is 4.90 Å². The zero-order valence-electron chi connectivity index (χ0n) is 24.8. The predicted molar refractivity (Wildman–Crippen MR) is 192 cm³/mol. The standard InChI is InChI=1S/C44H31N/c1-4-14-32(15-5-1)33-24-26-34(27-25-33)35-28-30-38(31-29-35)45(37-18-8-3-9-19-37)44-42-23-13-11-21-40(42)39-20-10-12-22-41(39)43(44)36-16-6-2-7-17-36/h1-31H. The molecule has 0 aliphatic heterocycles. The van der Waals surface area contributed by atoms with Gasteiger partial charge in [0.2, 0.25) is 0 Å². The lowest BCUT2D eigenvalue weighted by Gasteiger charge is -2.30. The fourth-order valence-corrected chi connectivity index (χ4v) is 6.53. The van der Waals surface area contributed by atoms with Crippen LogP contribution in [0.25, 0.3) is 54.9 Å². The normalized spacial score (nSPS) is 11.1. The second kappa shape index (κ2) is 11.6. The Bertz CT molecular complexity index is 2220. The third-order valence-electron chi connectivity index (χ3n) is 8.66. The summed E-state index contributed by atoms with van der Waals surface area (Å²) in [6, 6.07) is 67.6. The van der Waals surface area contributed by atoms with Gasteiger partial charge in [-0.25, -0.2) is 0 Å². The molecule has 0 fully saturated rings. The van der Waals surface area contributed by atoms with E-state index in [0.29, 0.717) is 0 Å². The van der Waals surface area contributed by atoms with E-state index in [1.807, 2.05) is 0 Å². The topological polar surface area (TPSA) is 3.24 Å². The van der Waals surface area contributed by atoms with Gasteiger partial charge in [0.25, 0.3) is 0 Å². The minimum atomic E-state index is 1.11. The Balaban J connectivity index is 1.32. The minimum Gasteiger partial charge on any atom is -0.309 e. The van der Waals surface area contributed by atoms with Crippen molar-refractivity contribution in [1.82, 2.24) is 0 Å². The number of rotatable bonds is 6. The van der Waals surface area contributed by atoms with Gasteiger partial charge in [0.1, 0.15) is 0 Å². The lowest BCUT2D eigenvalue weighted by atomic mass is 9.90. The molecule has 0 spiro atoms. The van der Waals surface area contributed by atoms with Gasteiger partial charge in [0.05, 0.1) is 5.69 Å². The molecule has 0 radical (unpaired) electrons. The Labute approximate surface area is 264 Å². The molecule has 8 rings (SSSR count). The summed E-state index contributed by atoms with van der Waals surface area (Å²) in [6.45, 7) is 0. The molecule has 0 atom stereocenters. The third-order valence-corrected chi connectivity index (χ3v) is 8.66. The summed E-state index contributed by atoms with van der Waals surface area (Å²) in [5.41, 5.74) is 10.7. The van der Waals surface area contributed by atoms with Crippen molar-refractivity contribution in [2.24, 2.45) is 0 Å². The molecule has 212 valence electrons. The highest BCUT2D eigenvalue weighted by molar-refractivity contribution is 6.22. The fraction of sp³-hybridized carbons (Fsp3) is 0. The summed E-state index contributed by atoms with van der Waals surface area (Å²) in [4.78, 5) is 2.43. The number of fused-ring (bicyclic) bond motifs is 3. The molecule has 1 heteroatoms. The molecule has 0 heterocycles. The lowest BCUT2D eigenvalue weighted by Crippen LogP contribution is -2.12. The van der Waals surface area contributed by atoms with E-state index in [0.717, 1.165) is 11.4 Å². The fourth-order valence-electron chi connectivity index (χ4n) is 6.53. The second-order valence-corrected chi connectivity index (χ2v) is 11.3. The zero-order chi connectivity index (χ0) is 30.0. The molecular formula is C44H31N. The third kappa shape index (κ3) is 4.95. The molecule has 0 saturated heterocycles. The molecular weight excluding hydrogens is 542 g/mol. The smallest absolute Gasteiger partial charge is 0.0624 e. The van der Waals surface area contributed by atoms with Crippen LogP contribution in [-0.2, 0) is 0 Å². The van der Waals surface area contributed by atoms with E-state index in [4.69, 9.17) is 0 Å². The molecule has 8 aromatic rings. The zero-order valence-corrected chi connectivity index (χ0v) is 24.8. The van der Waals surface area contributed by atoms with Crippen molar-refractivity contribution in [1.29, 1.82) is 0 Å². The van der Waals surface area contributed by atoms with Crippen LogP contribution in [0, 0.1) is 0 Å².